The first-order valence-corrected chi connectivity index (χ1v) is 8.05. The van der Waals surface area contributed by atoms with E-state index in [2.05, 4.69) is 10.3 Å². The minimum Gasteiger partial charge on any atom is -0.454 e. The Morgan fingerprint density at radius 1 is 1.23 bits per heavy atom. The highest BCUT2D eigenvalue weighted by molar-refractivity contribution is 5.95. The molecule has 7 heteroatoms. The summed E-state index contributed by atoms with van der Waals surface area (Å²) in [7, 11) is 1.82. The number of benzene rings is 2. The molecule has 1 N–H and O–H groups in total. The number of carbonyl (C=O) groups excluding carboxylic acids is 1. The highest BCUT2D eigenvalue weighted by Gasteiger charge is 2.23. The van der Waals surface area contributed by atoms with Crippen LogP contribution in [-0.4, -0.2) is 22.3 Å². The monoisotopic (exact) mass is 353 g/mol. The van der Waals surface area contributed by atoms with Gasteiger partial charge in [-0.15, -0.1) is 0 Å². The molecule has 0 saturated carbocycles. The lowest BCUT2D eigenvalue weighted by Gasteiger charge is -2.19. The van der Waals surface area contributed by atoms with Crippen molar-refractivity contribution in [3.05, 3.63) is 77.6 Å². The largest absolute Gasteiger partial charge is 0.454 e. The molecule has 1 aromatic heterocycles. The molecule has 4 rings (SSSR count). The van der Waals surface area contributed by atoms with Crippen molar-refractivity contribution < 1.29 is 18.7 Å². The first-order valence-electron chi connectivity index (χ1n) is 8.05. The van der Waals surface area contributed by atoms with Crippen LogP contribution in [0, 0.1) is 5.82 Å². The van der Waals surface area contributed by atoms with Gasteiger partial charge in [0.1, 0.15) is 17.7 Å². The van der Waals surface area contributed by atoms with Crippen molar-refractivity contribution in [2.75, 3.05) is 6.79 Å². The molecule has 26 heavy (non-hydrogen) atoms. The van der Waals surface area contributed by atoms with Crippen molar-refractivity contribution in [2.24, 2.45) is 7.05 Å². The van der Waals surface area contributed by atoms with E-state index in [9.17, 15) is 9.18 Å². The summed E-state index contributed by atoms with van der Waals surface area (Å²) < 4.78 is 26.1. The van der Waals surface area contributed by atoms with Crippen molar-refractivity contribution in [1.29, 1.82) is 0 Å². The van der Waals surface area contributed by atoms with Crippen LogP contribution in [0.25, 0.3) is 0 Å². The van der Waals surface area contributed by atoms with Gasteiger partial charge in [-0.3, -0.25) is 4.79 Å². The first kappa shape index (κ1) is 16.1. The van der Waals surface area contributed by atoms with E-state index in [1.165, 1.54) is 12.1 Å². The van der Waals surface area contributed by atoms with E-state index < -0.39 is 6.04 Å². The van der Waals surface area contributed by atoms with E-state index in [1.807, 2.05) is 7.05 Å². The van der Waals surface area contributed by atoms with Crippen molar-refractivity contribution in [3.8, 4) is 11.5 Å². The summed E-state index contributed by atoms with van der Waals surface area (Å²) in [4.78, 5) is 17.1. The van der Waals surface area contributed by atoms with E-state index in [-0.39, 0.29) is 18.5 Å². The van der Waals surface area contributed by atoms with Crippen LogP contribution in [0.3, 0.4) is 0 Å². The number of aromatic nitrogens is 2. The van der Waals surface area contributed by atoms with E-state index in [0.717, 1.165) is 0 Å². The summed E-state index contributed by atoms with van der Waals surface area (Å²) in [5.74, 6) is 1.04. The molecule has 2 aromatic carbocycles. The maximum Gasteiger partial charge on any atom is 0.252 e. The smallest absolute Gasteiger partial charge is 0.252 e. The van der Waals surface area contributed by atoms with Crippen LogP contribution >= 0.6 is 0 Å². The molecule has 1 aliphatic rings. The van der Waals surface area contributed by atoms with Crippen molar-refractivity contribution in [2.45, 2.75) is 6.04 Å². The number of hydrogen-bond acceptors (Lipinski definition) is 4. The summed E-state index contributed by atoms with van der Waals surface area (Å²) >= 11 is 0. The lowest BCUT2D eigenvalue weighted by atomic mass is 10.0. The summed E-state index contributed by atoms with van der Waals surface area (Å²) in [6.45, 7) is 0.138. The van der Waals surface area contributed by atoms with E-state index >= 15 is 0 Å². The van der Waals surface area contributed by atoms with Gasteiger partial charge in [-0.25, -0.2) is 9.37 Å². The van der Waals surface area contributed by atoms with E-state index in [1.54, 1.807) is 47.3 Å². The lowest BCUT2D eigenvalue weighted by Crippen LogP contribution is -2.31. The first-order chi connectivity index (χ1) is 12.6. The Hall–Kier alpha value is -3.35. The molecular weight excluding hydrogens is 337 g/mol. The quantitative estimate of drug-likeness (QED) is 0.783. The Morgan fingerprint density at radius 2 is 2.08 bits per heavy atom. The summed E-state index contributed by atoms with van der Waals surface area (Å²) in [5, 5.41) is 2.93. The Kier molecular flexibility index (Phi) is 4.04. The third-order valence-electron chi connectivity index (χ3n) is 4.21. The number of ether oxygens (including phenoxy) is 2. The number of amides is 1. The average molecular weight is 353 g/mol. The third kappa shape index (κ3) is 2.99. The van der Waals surface area contributed by atoms with E-state index in [4.69, 9.17) is 9.47 Å². The SMILES string of the molecule is Cn1ccnc1C(NC(=O)c1ccc2c(c1)OCO2)c1cccc(F)c1. The molecule has 0 spiro atoms. The van der Waals surface area contributed by atoms with Gasteiger partial charge >= 0.3 is 0 Å². The van der Waals surface area contributed by atoms with Gasteiger partial charge in [0.2, 0.25) is 6.79 Å². The topological polar surface area (TPSA) is 65.4 Å². The van der Waals surface area contributed by atoms with Gasteiger partial charge in [-0.05, 0) is 35.9 Å². The summed E-state index contributed by atoms with van der Waals surface area (Å²) in [5.41, 5.74) is 1.03. The molecule has 1 unspecified atom stereocenters. The number of carbonyl (C=O) groups is 1. The highest BCUT2D eigenvalue weighted by Crippen LogP contribution is 2.32. The molecule has 0 radical (unpaired) electrons. The highest BCUT2D eigenvalue weighted by atomic mass is 19.1. The van der Waals surface area contributed by atoms with Crippen LogP contribution < -0.4 is 14.8 Å². The van der Waals surface area contributed by atoms with Gasteiger partial charge in [0, 0.05) is 25.0 Å². The molecule has 0 fully saturated rings. The Balaban J connectivity index is 1.66. The predicted octanol–water partition coefficient (Wildman–Crippen LogP) is 2.81. The minimum atomic E-state index is -0.594. The number of nitrogens with zero attached hydrogens (tertiary/aromatic N) is 2. The average Bonchev–Trinajstić information content (AvgIpc) is 3.27. The molecule has 2 heterocycles. The fraction of sp³-hybridized carbons (Fsp3) is 0.158. The standard InChI is InChI=1S/C19H16FN3O3/c1-23-8-7-21-18(23)17(12-3-2-4-14(20)9-12)22-19(24)13-5-6-15-16(10-13)26-11-25-15/h2-10,17H,11H2,1H3,(H,22,24). The molecular formula is C19H16FN3O3. The minimum absolute atomic E-state index is 0.138. The molecule has 0 aliphatic carbocycles. The van der Waals surface area contributed by atoms with Crippen molar-refractivity contribution in [1.82, 2.24) is 14.9 Å². The molecule has 1 amide bonds. The zero-order valence-corrected chi connectivity index (χ0v) is 14.0. The molecule has 3 aromatic rings. The van der Waals surface area contributed by atoms with Crippen LogP contribution in [0.1, 0.15) is 27.8 Å². The Morgan fingerprint density at radius 3 is 2.85 bits per heavy atom. The maximum atomic E-state index is 13.7. The van der Waals surface area contributed by atoms with Gasteiger partial charge in [0.05, 0.1) is 0 Å². The Labute approximate surface area is 149 Å². The Bertz CT molecular complexity index is 970. The number of rotatable bonds is 4. The van der Waals surface area contributed by atoms with Crippen LogP contribution in [-0.2, 0) is 7.05 Å². The molecule has 1 aliphatic heterocycles. The zero-order chi connectivity index (χ0) is 18.1. The normalized spacial score (nSPS) is 13.5. The summed E-state index contributed by atoms with van der Waals surface area (Å²) in [6.07, 6.45) is 3.41. The second kappa shape index (κ2) is 6.51. The van der Waals surface area contributed by atoms with Crippen LogP contribution in [0.4, 0.5) is 4.39 Å². The van der Waals surface area contributed by atoms with Crippen molar-refractivity contribution in [3.63, 3.8) is 0 Å². The number of hydrogen-bond donors (Lipinski definition) is 1. The predicted molar refractivity (Wildman–Crippen MR) is 91.5 cm³/mol. The zero-order valence-electron chi connectivity index (χ0n) is 14.0. The van der Waals surface area contributed by atoms with Crippen molar-refractivity contribution >= 4 is 5.91 Å². The van der Waals surface area contributed by atoms with Gasteiger partial charge in [-0.2, -0.15) is 0 Å². The number of halogens is 1. The maximum absolute atomic E-state index is 13.7. The molecule has 1 atom stereocenters. The fourth-order valence-electron chi connectivity index (χ4n) is 2.89. The number of nitrogens with one attached hydrogen (secondary N) is 1. The van der Waals surface area contributed by atoms with Crippen LogP contribution in [0.2, 0.25) is 0 Å². The lowest BCUT2D eigenvalue weighted by molar-refractivity contribution is 0.0940. The van der Waals surface area contributed by atoms with E-state index in [0.29, 0.717) is 28.5 Å². The van der Waals surface area contributed by atoms with Crippen LogP contribution in [0.15, 0.2) is 54.9 Å². The van der Waals surface area contributed by atoms with Gasteiger partial charge in [0.25, 0.3) is 5.91 Å². The number of aryl methyl sites for hydroxylation is 1. The van der Waals surface area contributed by atoms with Gasteiger partial charge < -0.3 is 19.4 Å². The molecule has 132 valence electrons. The summed E-state index contributed by atoms with van der Waals surface area (Å²) in [6, 6.07) is 10.5. The number of fused-ring (bicyclic) bond motifs is 1. The second-order valence-corrected chi connectivity index (χ2v) is 5.93. The third-order valence-corrected chi connectivity index (χ3v) is 4.21. The molecule has 6 nitrogen and oxygen atoms in total. The van der Waals surface area contributed by atoms with Gasteiger partial charge in [0.15, 0.2) is 11.5 Å². The molecule has 0 saturated heterocycles. The second-order valence-electron chi connectivity index (χ2n) is 5.93. The van der Waals surface area contributed by atoms with Crippen LogP contribution in [0.5, 0.6) is 11.5 Å². The molecule has 0 bridgehead atoms. The fourth-order valence-corrected chi connectivity index (χ4v) is 2.89. The number of imidazole rings is 1. The van der Waals surface area contributed by atoms with Gasteiger partial charge in [-0.1, -0.05) is 12.1 Å².